The van der Waals surface area contributed by atoms with E-state index in [0.717, 1.165) is 24.0 Å². The number of carbonyl (C=O) groups is 1. The number of piperazine rings is 1. The van der Waals surface area contributed by atoms with Crippen molar-refractivity contribution in [3.63, 3.8) is 0 Å². The molecule has 3 aromatic rings. The van der Waals surface area contributed by atoms with Crippen LogP contribution in [0.2, 0.25) is 0 Å². The molecule has 0 N–H and O–H groups in total. The Morgan fingerprint density at radius 3 is 2.56 bits per heavy atom. The first kappa shape index (κ1) is 22.2. The van der Waals surface area contributed by atoms with Gasteiger partial charge in [0.1, 0.15) is 11.7 Å². The fourth-order valence-electron chi connectivity index (χ4n) is 3.91. The van der Waals surface area contributed by atoms with Crippen LogP contribution in [0.3, 0.4) is 0 Å². The number of hydrogen-bond acceptors (Lipinski definition) is 8. The molecule has 0 atom stereocenters. The van der Waals surface area contributed by atoms with Crippen molar-refractivity contribution in [3.8, 4) is 22.8 Å². The average molecular weight is 467 g/mol. The highest BCUT2D eigenvalue weighted by Gasteiger charge is 2.29. The highest BCUT2D eigenvalue weighted by molar-refractivity contribution is 5.81. The van der Waals surface area contributed by atoms with Gasteiger partial charge in [-0.1, -0.05) is 0 Å². The monoisotopic (exact) mass is 466 g/mol. The summed E-state index contributed by atoms with van der Waals surface area (Å²) in [5.41, 5.74) is 1.89. The summed E-state index contributed by atoms with van der Waals surface area (Å²) in [4.78, 5) is 25.7. The van der Waals surface area contributed by atoms with Gasteiger partial charge < -0.3 is 24.0 Å². The molecule has 0 bridgehead atoms. The minimum atomic E-state index is -0.517. The Bertz CT molecular complexity index is 1190. The molecule has 10 heteroatoms. The highest BCUT2D eigenvalue weighted by atomic mass is 16.6. The summed E-state index contributed by atoms with van der Waals surface area (Å²) in [7, 11) is 1.62. The molecule has 0 aromatic carbocycles. The molecule has 1 saturated heterocycles. The molecule has 2 fully saturated rings. The highest BCUT2D eigenvalue weighted by Crippen LogP contribution is 2.36. The molecular formula is C24H30N6O4. The van der Waals surface area contributed by atoms with Gasteiger partial charge in [0, 0.05) is 37.9 Å². The van der Waals surface area contributed by atoms with E-state index in [9.17, 15) is 4.79 Å². The van der Waals surface area contributed by atoms with Crippen LogP contribution < -0.4 is 14.4 Å². The molecule has 0 radical (unpaired) electrons. The first-order valence-electron chi connectivity index (χ1n) is 11.6. The lowest BCUT2D eigenvalue weighted by atomic mass is 10.1. The predicted octanol–water partition coefficient (Wildman–Crippen LogP) is 3.40. The number of anilines is 1. The standard InChI is InChI=1S/C24H30N6O4/c1-24(2,3)34-23(31)29-12-10-28(11-13-29)21-19(32-4)15-30-20(27-21)18(14-26-30)17-6-5-9-25-22(17)33-16-7-8-16/h5-6,9,14-16H,7-8,10-13H2,1-4H3. The number of ether oxygens (including phenoxy) is 3. The Balaban J connectivity index is 1.42. The van der Waals surface area contributed by atoms with Crippen molar-refractivity contribution in [2.24, 2.45) is 0 Å². The van der Waals surface area contributed by atoms with Gasteiger partial charge in [0.05, 0.1) is 25.1 Å². The number of fused-ring (bicyclic) bond motifs is 1. The zero-order valence-corrected chi connectivity index (χ0v) is 20.0. The first-order chi connectivity index (χ1) is 16.3. The number of aromatic nitrogens is 4. The molecule has 4 heterocycles. The van der Waals surface area contributed by atoms with Gasteiger partial charge in [0.25, 0.3) is 0 Å². The number of hydrogen-bond donors (Lipinski definition) is 0. The van der Waals surface area contributed by atoms with Crippen LogP contribution in [0, 0.1) is 0 Å². The summed E-state index contributed by atoms with van der Waals surface area (Å²) in [6.45, 7) is 7.93. The third-order valence-corrected chi connectivity index (χ3v) is 5.76. The van der Waals surface area contributed by atoms with Crippen LogP contribution in [0.25, 0.3) is 16.8 Å². The Labute approximate surface area is 198 Å². The molecule has 1 saturated carbocycles. The summed E-state index contributed by atoms with van der Waals surface area (Å²) in [6, 6.07) is 3.87. The summed E-state index contributed by atoms with van der Waals surface area (Å²) in [6.07, 6.45) is 7.40. The average Bonchev–Trinajstić information content (AvgIpc) is 3.54. The quantitative estimate of drug-likeness (QED) is 0.565. The summed E-state index contributed by atoms with van der Waals surface area (Å²) in [5.74, 6) is 1.94. The summed E-state index contributed by atoms with van der Waals surface area (Å²) >= 11 is 0. The number of amides is 1. The number of methoxy groups -OCH3 is 1. The van der Waals surface area contributed by atoms with E-state index in [1.54, 1.807) is 28.9 Å². The van der Waals surface area contributed by atoms with E-state index in [2.05, 4.69) is 15.0 Å². The number of rotatable bonds is 5. The van der Waals surface area contributed by atoms with Crippen LogP contribution in [0.4, 0.5) is 10.6 Å². The molecule has 5 rings (SSSR count). The minimum absolute atomic E-state index is 0.236. The Morgan fingerprint density at radius 2 is 1.88 bits per heavy atom. The van der Waals surface area contributed by atoms with Crippen LogP contribution in [0.15, 0.2) is 30.7 Å². The fraction of sp³-hybridized carbons (Fsp3) is 0.500. The van der Waals surface area contributed by atoms with Gasteiger partial charge in [-0.15, -0.1) is 0 Å². The fourth-order valence-corrected chi connectivity index (χ4v) is 3.91. The third kappa shape index (κ3) is 4.57. The van der Waals surface area contributed by atoms with Crippen molar-refractivity contribution in [1.29, 1.82) is 0 Å². The van der Waals surface area contributed by atoms with Gasteiger partial charge in [-0.05, 0) is 45.7 Å². The maximum absolute atomic E-state index is 12.4. The van der Waals surface area contributed by atoms with Gasteiger partial charge in [0.2, 0.25) is 5.88 Å². The van der Waals surface area contributed by atoms with E-state index in [-0.39, 0.29) is 12.2 Å². The Kier molecular flexibility index (Phi) is 5.66. The van der Waals surface area contributed by atoms with Gasteiger partial charge in [-0.3, -0.25) is 0 Å². The van der Waals surface area contributed by atoms with Crippen LogP contribution in [0.1, 0.15) is 33.6 Å². The zero-order chi connectivity index (χ0) is 23.9. The molecule has 1 aliphatic carbocycles. The molecule has 10 nitrogen and oxygen atoms in total. The third-order valence-electron chi connectivity index (χ3n) is 5.76. The van der Waals surface area contributed by atoms with E-state index < -0.39 is 5.60 Å². The van der Waals surface area contributed by atoms with E-state index in [4.69, 9.17) is 19.2 Å². The normalized spacial score (nSPS) is 16.6. The minimum Gasteiger partial charge on any atom is -0.491 e. The maximum atomic E-state index is 12.4. The van der Waals surface area contributed by atoms with E-state index in [0.29, 0.717) is 49.3 Å². The number of pyridine rings is 1. The Hall–Kier alpha value is -3.56. The van der Waals surface area contributed by atoms with Crippen molar-refractivity contribution >= 4 is 17.6 Å². The second-order valence-electron chi connectivity index (χ2n) is 9.59. The van der Waals surface area contributed by atoms with Crippen LogP contribution in [-0.2, 0) is 4.74 Å². The second kappa shape index (κ2) is 8.66. The SMILES string of the molecule is COc1cn2ncc(-c3cccnc3OC3CC3)c2nc1N1CCN(C(=O)OC(C)(C)C)CC1. The molecule has 1 amide bonds. The van der Waals surface area contributed by atoms with E-state index in [1.807, 2.05) is 39.1 Å². The van der Waals surface area contributed by atoms with Crippen molar-refractivity contribution in [3.05, 3.63) is 30.7 Å². The van der Waals surface area contributed by atoms with E-state index >= 15 is 0 Å². The van der Waals surface area contributed by atoms with Crippen molar-refractivity contribution < 1.29 is 19.0 Å². The molecule has 0 spiro atoms. The van der Waals surface area contributed by atoms with Gasteiger partial charge in [-0.2, -0.15) is 5.10 Å². The van der Waals surface area contributed by atoms with Gasteiger partial charge in [-0.25, -0.2) is 19.3 Å². The smallest absolute Gasteiger partial charge is 0.410 e. The predicted molar refractivity (Wildman–Crippen MR) is 126 cm³/mol. The van der Waals surface area contributed by atoms with Crippen LogP contribution in [-0.4, -0.2) is 75.6 Å². The Morgan fingerprint density at radius 1 is 1.12 bits per heavy atom. The molecule has 34 heavy (non-hydrogen) atoms. The van der Waals surface area contributed by atoms with E-state index in [1.165, 1.54) is 0 Å². The molecule has 3 aromatic heterocycles. The molecule has 180 valence electrons. The largest absolute Gasteiger partial charge is 0.491 e. The zero-order valence-electron chi connectivity index (χ0n) is 20.0. The molecule has 1 aliphatic heterocycles. The first-order valence-corrected chi connectivity index (χ1v) is 11.6. The summed E-state index contributed by atoms with van der Waals surface area (Å²) in [5, 5.41) is 4.50. The molecule has 2 aliphatic rings. The lowest BCUT2D eigenvalue weighted by Gasteiger charge is -2.36. The molecule has 0 unspecified atom stereocenters. The summed E-state index contributed by atoms with van der Waals surface area (Å²) < 4.78 is 18.9. The van der Waals surface area contributed by atoms with Crippen LogP contribution >= 0.6 is 0 Å². The number of carbonyl (C=O) groups excluding carboxylic acids is 1. The second-order valence-corrected chi connectivity index (χ2v) is 9.59. The molecular weight excluding hydrogens is 436 g/mol. The lowest BCUT2D eigenvalue weighted by Crippen LogP contribution is -2.50. The maximum Gasteiger partial charge on any atom is 0.410 e. The number of nitrogens with zero attached hydrogens (tertiary/aromatic N) is 6. The van der Waals surface area contributed by atoms with Crippen molar-refractivity contribution in [1.82, 2.24) is 24.5 Å². The van der Waals surface area contributed by atoms with Gasteiger partial charge >= 0.3 is 6.09 Å². The van der Waals surface area contributed by atoms with Crippen molar-refractivity contribution in [2.45, 2.75) is 45.3 Å². The lowest BCUT2D eigenvalue weighted by molar-refractivity contribution is 0.0240. The van der Waals surface area contributed by atoms with Crippen LogP contribution in [0.5, 0.6) is 11.6 Å². The van der Waals surface area contributed by atoms with Gasteiger partial charge in [0.15, 0.2) is 17.2 Å². The van der Waals surface area contributed by atoms with Crippen molar-refractivity contribution in [2.75, 3.05) is 38.2 Å². The topological polar surface area (TPSA) is 94.3 Å².